The number of aliphatic hydroxyl groups is 1. The highest BCUT2D eigenvalue weighted by Crippen LogP contribution is 2.18. The van der Waals surface area contributed by atoms with Gasteiger partial charge in [-0.05, 0) is 36.8 Å². The number of furan rings is 1. The lowest BCUT2D eigenvalue weighted by Gasteiger charge is -2.16. The van der Waals surface area contributed by atoms with Crippen molar-refractivity contribution in [1.82, 2.24) is 5.32 Å². The van der Waals surface area contributed by atoms with E-state index in [2.05, 4.69) is 5.32 Å². The third-order valence-corrected chi connectivity index (χ3v) is 3.33. The molecule has 0 amide bonds. The Kier molecular flexibility index (Phi) is 4.93. The number of nitrogens with one attached hydrogen (secondary N) is 1. The molecule has 0 spiro atoms. The zero-order chi connectivity index (χ0) is 14.5. The van der Waals surface area contributed by atoms with Gasteiger partial charge in [0.25, 0.3) is 0 Å². The molecule has 0 aliphatic heterocycles. The molecule has 2 atom stereocenters. The van der Waals surface area contributed by atoms with Gasteiger partial charge in [-0.1, -0.05) is 19.1 Å². The Balaban J connectivity index is 1.89. The van der Waals surface area contributed by atoms with Gasteiger partial charge in [0.1, 0.15) is 17.3 Å². The van der Waals surface area contributed by atoms with Crippen LogP contribution in [0.3, 0.4) is 0 Å². The van der Waals surface area contributed by atoms with E-state index in [1.165, 1.54) is 12.1 Å². The topological polar surface area (TPSA) is 45.4 Å². The zero-order valence-corrected chi connectivity index (χ0v) is 11.8. The van der Waals surface area contributed by atoms with E-state index >= 15 is 0 Å². The maximum Gasteiger partial charge on any atom is 0.123 e. The van der Waals surface area contributed by atoms with Gasteiger partial charge in [-0.3, -0.25) is 0 Å². The van der Waals surface area contributed by atoms with E-state index < -0.39 is 6.10 Å². The van der Waals surface area contributed by atoms with Crippen molar-refractivity contribution in [1.29, 1.82) is 0 Å². The molecule has 1 aromatic carbocycles. The van der Waals surface area contributed by atoms with Crippen LogP contribution in [0.2, 0.25) is 0 Å². The summed E-state index contributed by atoms with van der Waals surface area (Å²) in [5, 5.41) is 13.3. The predicted molar refractivity (Wildman–Crippen MR) is 75.9 cm³/mol. The van der Waals surface area contributed by atoms with Crippen LogP contribution in [0.4, 0.5) is 4.39 Å². The van der Waals surface area contributed by atoms with E-state index in [9.17, 15) is 9.50 Å². The van der Waals surface area contributed by atoms with E-state index in [-0.39, 0.29) is 11.9 Å². The molecule has 20 heavy (non-hydrogen) atoms. The smallest absolute Gasteiger partial charge is 0.123 e. The molecule has 0 bridgehead atoms. The summed E-state index contributed by atoms with van der Waals surface area (Å²) in [5.41, 5.74) is 0.694. The molecular weight excluding hydrogens is 257 g/mol. The molecule has 1 aromatic heterocycles. The van der Waals surface area contributed by atoms with Crippen LogP contribution in [0.1, 0.15) is 43.1 Å². The number of rotatable bonds is 6. The summed E-state index contributed by atoms with van der Waals surface area (Å²) in [6.07, 6.45) is 0.198. The maximum absolute atomic E-state index is 12.8. The Bertz CT molecular complexity index is 536. The van der Waals surface area contributed by atoms with Crippen molar-refractivity contribution in [3.63, 3.8) is 0 Å². The lowest BCUT2D eigenvalue weighted by molar-refractivity contribution is 0.169. The van der Waals surface area contributed by atoms with Crippen molar-refractivity contribution in [3.8, 4) is 0 Å². The van der Waals surface area contributed by atoms with Crippen molar-refractivity contribution in [2.75, 3.05) is 6.54 Å². The molecule has 1 heterocycles. The molecule has 0 fully saturated rings. The molecular formula is C16H20FNO2. The first kappa shape index (κ1) is 14.8. The van der Waals surface area contributed by atoms with Gasteiger partial charge in [-0.15, -0.1) is 0 Å². The second-order valence-electron chi connectivity index (χ2n) is 4.85. The Morgan fingerprint density at radius 1 is 1.20 bits per heavy atom. The Labute approximate surface area is 118 Å². The van der Waals surface area contributed by atoms with Crippen LogP contribution in [0, 0.1) is 5.82 Å². The molecule has 2 N–H and O–H groups in total. The van der Waals surface area contributed by atoms with E-state index in [0.29, 0.717) is 12.1 Å². The normalized spacial score (nSPS) is 14.2. The molecule has 0 radical (unpaired) electrons. The molecule has 0 saturated heterocycles. The molecule has 4 heteroatoms. The first-order valence-electron chi connectivity index (χ1n) is 6.85. The average molecular weight is 277 g/mol. The van der Waals surface area contributed by atoms with E-state index in [4.69, 9.17) is 4.42 Å². The summed E-state index contributed by atoms with van der Waals surface area (Å²) >= 11 is 0. The van der Waals surface area contributed by atoms with Crippen LogP contribution >= 0.6 is 0 Å². The number of hydrogen-bond acceptors (Lipinski definition) is 3. The number of halogens is 1. The minimum absolute atomic E-state index is 0.0189. The lowest BCUT2D eigenvalue weighted by Crippen LogP contribution is -2.24. The van der Waals surface area contributed by atoms with Crippen molar-refractivity contribution >= 4 is 0 Å². The largest absolute Gasteiger partial charge is 0.464 e. The van der Waals surface area contributed by atoms with Crippen molar-refractivity contribution in [2.24, 2.45) is 0 Å². The quantitative estimate of drug-likeness (QED) is 0.851. The second kappa shape index (κ2) is 6.68. The summed E-state index contributed by atoms with van der Waals surface area (Å²) < 4.78 is 18.5. The van der Waals surface area contributed by atoms with E-state index in [0.717, 1.165) is 17.9 Å². The Hall–Kier alpha value is -1.65. The van der Waals surface area contributed by atoms with Gasteiger partial charge in [0.2, 0.25) is 0 Å². The van der Waals surface area contributed by atoms with Gasteiger partial charge in [-0.25, -0.2) is 4.39 Å². The lowest BCUT2D eigenvalue weighted by atomic mass is 10.1. The van der Waals surface area contributed by atoms with Gasteiger partial charge >= 0.3 is 0 Å². The highest BCUT2D eigenvalue weighted by molar-refractivity contribution is 5.19. The molecule has 0 aliphatic rings. The molecule has 0 saturated carbocycles. The highest BCUT2D eigenvalue weighted by Gasteiger charge is 2.13. The summed E-state index contributed by atoms with van der Waals surface area (Å²) in [6.45, 7) is 4.41. The van der Waals surface area contributed by atoms with Crippen LogP contribution in [0.5, 0.6) is 0 Å². The molecule has 108 valence electrons. The van der Waals surface area contributed by atoms with Crippen LogP contribution in [-0.4, -0.2) is 11.7 Å². The molecule has 2 unspecified atom stereocenters. The van der Waals surface area contributed by atoms with Gasteiger partial charge in [0.05, 0.1) is 12.1 Å². The van der Waals surface area contributed by atoms with E-state index in [1.54, 1.807) is 12.1 Å². The third-order valence-electron chi connectivity index (χ3n) is 3.33. The molecule has 3 nitrogen and oxygen atoms in total. The van der Waals surface area contributed by atoms with Crippen molar-refractivity contribution in [3.05, 3.63) is 59.3 Å². The Morgan fingerprint density at radius 2 is 1.90 bits per heavy atom. The number of benzene rings is 1. The van der Waals surface area contributed by atoms with Gasteiger partial charge < -0.3 is 14.8 Å². The summed E-state index contributed by atoms with van der Waals surface area (Å²) in [4.78, 5) is 0. The fourth-order valence-electron chi connectivity index (χ4n) is 2.01. The van der Waals surface area contributed by atoms with Crippen LogP contribution in [-0.2, 0) is 6.42 Å². The highest BCUT2D eigenvalue weighted by atomic mass is 19.1. The summed E-state index contributed by atoms with van der Waals surface area (Å²) in [7, 11) is 0. The molecule has 2 rings (SSSR count). The van der Waals surface area contributed by atoms with Crippen LogP contribution in [0.15, 0.2) is 40.8 Å². The van der Waals surface area contributed by atoms with Crippen LogP contribution < -0.4 is 5.32 Å². The standard InChI is InChI=1S/C16H20FNO2/c1-3-14-8-9-16(20-14)11(2)18-10-15(19)12-4-6-13(17)7-5-12/h4-9,11,15,18-19H,3,10H2,1-2H3. The van der Waals surface area contributed by atoms with Crippen molar-refractivity contribution < 1.29 is 13.9 Å². The maximum atomic E-state index is 12.8. The summed E-state index contributed by atoms with van der Waals surface area (Å²) in [6, 6.07) is 9.81. The number of hydrogen-bond donors (Lipinski definition) is 2. The Morgan fingerprint density at radius 3 is 2.50 bits per heavy atom. The first-order valence-corrected chi connectivity index (χ1v) is 6.85. The minimum atomic E-state index is -0.668. The number of aliphatic hydroxyl groups excluding tert-OH is 1. The first-order chi connectivity index (χ1) is 9.60. The minimum Gasteiger partial charge on any atom is -0.464 e. The molecule has 2 aromatic rings. The van der Waals surface area contributed by atoms with Crippen molar-refractivity contribution in [2.45, 2.75) is 32.4 Å². The zero-order valence-electron chi connectivity index (χ0n) is 11.8. The fourth-order valence-corrected chi connectivity index (χ4v) is 2.01. The van der Waals surface area contributed by atoms with Gasteiger partial charge in [0.15, 0.2) is 0 Å². The third kappa shape index (κ3) is 3.68. The average Bonchev–Trinajstić information content (AvgIpc) is 2.94. The number of aryl methyl sites for hydroxylation is 1. The molecule has 0 aliphatic carbocycles. The monoisotopic (exact) mass is 277 g/mol. The second-order valence-corrected chi connectivity index (χ2v) is 4.85. The van der Waals surface area contributed by atoms with E-state index in [1.807, 2.05) is 26.0 Å². The van der Waals surface area contributed by atoms with Gasteiger partial charge in [0, 0.05) is 13.0 Å². The fraction of sp³-hybridized carbons (Fsp3) is 0.375. The predicted octanol–water partition coefficient (Wildman–Crippen LogP) is 3.37. The van der Waals surface area contributed by atoms with Crippen LogP contribution in [0.25, 0.3) is 0 Å². The summed E-state index contributed by atoms with van der Waals surface area (Å²) in [5.74, 6) is 1.51. The van der Waals surface area contributed by atoms with Gasteiger partial charge in [-0.2, -0.15) is 0 Å². The SMILES string of the molecule is CCc1ccc(C(C)NCC(O)c2ccc(F)cc2)o1.